The molecule has 98 valence electrons. The van der Waals surface area contributed by atoms with Gasteiger partial charge < -0.3 is 4.42 Å². The number of carbonyl (C=O) groups excluding carboxylic acids is 1. The van der Waals surface area contributed by atoms with E-state index in [9.17, 15) is 14.9 Å². The van der Waals surface area contributed by atoms with Gasteiger partial charge in [0.05, 0.1) is 4.92 Å². The van der Waals surface area contributed by atoms with Crippen LogP contribution in [0.4, 0.5) is 5.69 Å². The van der Waals surface area contributed by atoms with E-state index < -0.39 is 10.8 Å². The Bertz CT molecular complexity index is 653. The Morgan fingerprint density at radius 1 is 1.37 bits per heavy atom. The number of nitrogens with zero attached hydrogens (tertiary/aromatic N) is 1. The smallest absolute Gasteiger partial charge is 0.300 e. The Labute approximate surface area is 115 Å². The number of non-ortho nitro benzene ring substituents is 1. The number of hydrogen-bond acceptors (Lipinski definition) is 5. The van der Waals surface area contributed by atoms with Gasteiger partial charge in [-0.3, -0.25) is 20.3 Å². The van der Waals surface area contributed by atoms with Crippen molar-refractivity contribution in [2.24, 2.45) is 5.84 Å². The molecule has 19 heavy (non-hydrogen) atoms. The van der Waals surface area contributed by atoms with Crippen LogP contribution in [0.1, 0.15) is 10.6 Å². The van der Waals surface area contributed by atoms with E-state index in [1.165, 1.54) is 24.3 Å². The SMILES string of the molecule is NNC(=O)c1ccc(-c2ccc([N+](=O)[O-])cc2Br)o1. The molecule has 0 spiro atoms. The standard InChI is InChI=1S/C11H8BrN3O4/c12-8-5-6(15(17)18)1-2-7(8)9-3-4-10(19-9)11(16)14-13/h1-5H,13H2,(H,14,16). The number of halogens is 1. The molecular weight excluding hydrogens is 318 g/mol. The van der Waals surface area contributed by atoms with Crippen molar-refractivity contribution < 1.29 is 14.1 Å². The van der Waals surface area contributed by atoms with Gasteiger partial charge in [-0.05, 0) is 34.1 Å². The van der Waals surface area contributed by atoms with Crippen LogP contribution in [0.15, 0.2) is 39.2 Å². The van der Waals surface area contributed by atoms with E-state index >= 15 is 0 Å². The normalized spacial score (nSPS) is 10.2. The lowest BCUT2D eigenvalue weighted by Crippen LogP contribution is -2.29. The Balaban J connectivity index is 2.39. The number of furan rings is 1. The maximum Gasteiger partial charge on any atom is 0.300 e. The highest BCUT2D eigenvalue weighted by atomic mass is 79.9. The molecule has 1 aromatic heterocycles. The van der Waals surface area contributed by atoms with E-state index in [2.05, 4.69) is 15.9 Å². The fraction of sp³-hybridized carbons (Fsp3) is 0. The number of benzene rings is 1. The number of carbonyl (C=O) groups is 1. The average molecular weight is 326 g/mol. The first-order chi connectivity index (χ1) is 9.02. The van der Waals surface area contributed by atoms with Gasteiger partial charge in [0.2, 0.25) is 0 Å². The molecule has 1 amide bonds. The highest BCUT2D eigenvalue weighted by Gasteiger charge is 2.15. The summed E-state index contributed by atoms with van der Waals surface area (Å²) in [6, 6.07) is 7.29. The van der Waals surface area contributed by atoms with Crippen molar-refractivity contribution in [3.05, 3.63) is 50.7 Å². The Morgan fingerprint density at radius 2 is 2.11 bits per heavy atom. The lowest BCUT2D eigenvalue weighted by Gasteiger charge is -2.01. The lowest BCUT2D eigenvalue weighted by atomic mass is 10.1. The third-order valence-corrected chi connectivity index (χ3v) is 3.05. The molecule has 0 saturated heterocycles. The largest absolute Gasteiger partial charge is 0.451 e. The third kappa shape index (κ3) is 2.64. The van der Waals surface area contributed by atoms with Crippen LogP contribution in [0, 0.1) is 10.1 Å². The number of nitrogens with two attached hydrogens (primary N) is 1. The topological polar surface area (TPSA) is 111 Å². The van der Waals surface area contributed by atoms with Crippen LogP contribution in [0.25, 0.3) is 11.3 Å². The van der Waals surface area contributed by atoms with E-state index in [1.807, 2.05) is 5.43 Å². The molecule has 3 N–H and O–H groups in total. The van der Waals surface area contributed by atoms with Gasteiger partial charge in [0.25, 0.3) is 5.69 Å². The summed E-state index contributed by atoms with van der Waals surface area (Å²) < 4.78 is 5.81. The minimum Gasteiger partial charge on any atom is -0.451 e. The van der Waals surface area contributed by atoms with Crippen LogP contribution in [-0.4, -0.2) is 10.8 Å². The second-order valence-corrected chi connectivity index (χ2v) is 4.41. The van der Waals surface area contributed by atoms with Crippen molar-refractivity contribution >= 4 is 27.5 Å². The molecule has 0 aliphatic rings. The maximum atomic E-state index is 11.3. The second-order valence-electron chi connectivity index (χ2n) is 3.56. The van der Waals surface area contributed by atoms with Gasteiger partial charge in [0.1, 0.15) is 5.76 Å². The van der Waals surface area contributed by atoms with Crippen molar-refractivity contribution in [2.45, 2.75) is 0 Å². The highest BCUT2D eigenvalue weighted by Crippen LogP contribution is 2.32. The fourth-order valence-electron chi connectivity index (χ4n) is 1.49. The molecule has 2 rings (SSSR count). The average Bonchev–Trinajstić information content (AvgIpc) is 2.87. The molecule has 0 bridgehead atoms. The number of nitro benzene ring substituents is 1. The summed E-state index contributed by atoms with van der Waals surface area (Å²) in [6.07, 6.45) is 0. The number of nitro groups is 1. The third-order valence-electron chi connectivity index (χ3n) is 2.39. The van der Waals surface area contributed by atoms with Crippen molar-refractivity contribution in [2.75, 3.05) is 0 Å². The Hall–Kier alpha value is -2.19. The molecule has 0 atom stereocenters. The zero-order chi connectivity index (χ0) is 14.0. The molecule has 0 saturated carbocycles. The van der Waals surface area contributed by atoms with Gasteiger partial charge in [0, 0.05) is 22.2 Å². The van der Waals surface area contributed by atoms with Gasteiger partial charge in [-0.1, -0.05) is 0 Å². The lowest BCUT2D eigenvalue weighted by molar-refractivity contribution is -0.384. The summed E-state index contributed by atoms with van der Waals surface area (Å²) in [5.74, 6) is 4.90. The van der Waals surface area contributed by atoms with Gasteiger partial charge in [-0.15, -0.1) is 0 Å². The van der Waals surface area contributed by atoms with Crippen molar-refractivity contribution in [3.8, 4) is 11.3 Å². The molecule has 2 aromatic rings. The minimum atomic E-state index is -0.552. The molecule has 1 heterocycles. The van der Waals surface area contributed by atoms with E-state index in [-0.39, 0.29) is 11.4 Å². The van der Waals surface area contributed by atoms with E-state index in [4.69, 9.17) is 10.3 Å². The second kappa shape index (κ2) is 5.21. The van der Waals surface area contributed by atoms with Gasteiger partial charge in [-0.2, -0.15) is 0 Å². The van der Waals surface area contributed by atoms with Crippen LogP contribution >= 0.6 is 15.9 Å². The number of hydrogen-bond donors (Lipinski definition) is 2. The number of hydrazine groups is 1. The molecule has 0 aliphatic carbocycles. The summed E-state index contributed by atoms with van der Waals surface area (Å²) in [6.45, 7) is 0. The summed E-state index contributed by atoms with van der Waals surface area (Å²) in [4.78, 5) is 21.4. The monoisotopic (exact) mass is 325 g/mol. The quantitative estimate of drug-likeness (QED) is 0.389. The summed E-state index contributed by atoms with van der Waals surface area (Å²) >= 11 is 3.23. The van der Waals surface area contributed by atoms with Crippen LogP contribution in [-0.2, 0) is 0 Å². The number of amides is 1. The van der Waals surface area contributed by atoms with Crippen molar-refractivity contribution in [1.82, 2.24) is 5.43 Å². The molecule has 0 aliphatic heterocycles. The first kappa shape index (κ1) is 13.2. The van der Waals surface area contributed by atoms with Gasteiger partial charge in [0.15, 0.2) is 5.76 Å². The van der Waals surface area contributed by atoms with Gasteiger partial charge in [-0.25, -0.2) is 5.84 Å². The van der Waals surface area contributed by atoms with Crippen LogP contribution in [0.3, 0.4) is 0 Å². The van der Waals surface area contributed by atoms with Crippen LogP contribution in [0.2, 0.25) is 0 Å². The van der Waals surface area contributed by atoms with Crippen LogP contribution in [0.5, 0.6) is 0 Å². The van der Waals surface area contributed by atoms with E-state index in [0.717, 1.165) is 0 Å². The van der Waals surface area contributed by atoms with Crippen LogP contribution < -0.4 is 11.3 Å². The molecule has 0 fully saturated rings. The number of nitrogen functional groups attached to an aromatic ring is 1. The Morgan fingerprint density at radius 3 is 2.68 bits per heavy atom. The fourth-order valence-corrected chi connectivity index (χ4v) is 2.06. The zero-order valence-electron chi connectivity index (χ0n) is 9.42. The molecule has 0 radical (unpaired) electrons. The van der Waals surface area contributed by atoms with E-state index in [1.54, 1.807) is 6.07 Å². The van der Waals surface area contributed by atoms with Crippen molar-refractivity contribution in [1.29, 1.82) is 0 Å². The molecule has 0 unspecified atom stereocenters. The van der Waals surface area contributed by atoms with Crippen molar-refractivity contribution in [3.63, 3.8) is 0 Å². The molecular formula is C11H8BrN3O4. The molecule has 1 aromatic carbocycles. The predicted molar refractivity (Wildman–Crippen MR) is 70.2 cm³/mol. The summed E-state index contributed by atoms with van der Waals surface area (Å²) in [5, 5.41) is 10.6. The first-order valence-electron chi connectivity index (χ1n) is 5.08. The number of nitrogens with one attached hydrogen (secondary N) is 1. The molecule has 7 nitrogen and oxygen atoms in total. The van der Waals surface area contributed by atoms with E-state index in [0.29, 0.717) is 15.8 Å². The first-order valence-corrected chi connectivity index (χ1v) is 5.87. The van der Waals surface area contributed by atoms with Gasteiger partial charge >= 0.3 is 5.91 Å². The predicted octanol–water partition coefficient (Wildman–Crippen LogP) is 2.22. The summed E-state index contributed by atoms with van der Waals surface area (Å²) in [7, 11) is 0. The minimum absolute atomic E-state index is 0.0397. The Kier molecular flexibility index (Phi) is 3.63. The summed E-state index contributed by atoms with van der Waals surface area (Å²) in [5.41, 5.74) is 2.51. The maximum absolute atomic E-state index is 11.3. The zero-order valence-corrected chi connectivity index (χ0v) is 11.0. The molecule has 8 heteroatoms. The highest BCUT2D eigenvalue weighted by molar-refractivity contribution is 9.10. The number of rotatable bonds is 3.